The number of rotatable bonds is 5. The third-order valence-electron chi connectivity index (χ3n) is 3.23. The molecular weight excluding hydrogens is 379 g/mol. The van der Waals surface area contributed by atoms with Crippen LogP contribution in [0.1, 0.15) is 15.9 Å². The topological polar surface area (TPSA) is 101 Å². The highest BCUT2D eigenvalue weighted by Gasteiger charge is 2.21. The largest absolute Gasteiger partial charge is 0.296 e. The molecule has 0 saturated heterocycles. The van der Waals surface area contributed by atoms with Crippen LogP contribution in [0.5, 0.6) is 0 Å². The van der Waals surface area contributed by atoms with Crippen molar-refractivity contribution in [3.8, 4) is 0 Å². The summed E-state index contributed by atoms with van der Waals surface area (Å²) in [7, 11) is -3.99. The number of benzene rings is 2. The molecule has 3 rings (SSSR count). The van der Waals surface area contributed by atoms with E-state index in [4.69, 9.17) is 0 Å². The third-order valence-corrected chi connectivity index (χ3v) is 5.82. The molecule has 134 valence electrons. The van der Waals surface area contributed by atoms with Crippen molar-refractivity contribution in [3.05, 3.63) is 65.5 Å². The lowest BCUT2D eigenvalue weighted by Crippen LogP contribution is -2.12. The van der Waals surface area contributed by atoms with Crippen LogP contribution in [0, 0.1) is 12.7 Å². The van der Waals surface area contributed by atoms with E-state index in [1.54, 1.807) is 18.2 Å². The fourth-order valence-electron chi connectivity index (χ4n) is 2.04. The summed E-state index contributed by atoms with van der Waals surface area (Å²) in [5, 5.41) is 9.84. The summed E-state index contributed by atoms with van der Waals surface area (Å²) in [6.07, 6.45) is 0. The Labute approximate surface area is 153 Å². The van der Waals surface area contributed by atoms with E-state index in [1.165, 1.54) is 12.1 Å². The molecule has 0 fully saturated rings. The van der Waals surface area contributed by atoms with Crippen LogP contribution in [0.4, 0.5) is 15.2 Å². The van der Waals surface area contributed by atoms with Gasteiger partial charge in [0, 0.05) is 11.3 Å². The lowest BCUT2D eigenvalue weighted by Gasteiger charge is -2.04. The Bertz CT molecular complexity index is 1050. The Morgan fingerprint density at radius 3 is 2.54 bits per heavy atom. The molecule has 0 radical (unpaired) electrons. The van der Waals surface area contributed by atoms with Gasteiger partial charge in [0.15, 0.2) is 0 Å². The predicted octanol–water partition coefficient (Wildman–Crippen LogP) is 3.04. The first-order valence-corrected chi connectivity index (χ1v) is 9.63. The van der Waals surface area contributed by atoms with E-state index in [9.17, 15) is 17.6 Å². The number of halogens is 1. The molecule has 1 aromatic heterocycles. The Balaban J connectivity index is 1.74. The molecule has 7 nitrogen and oxygen atoms in total. The number of aryl methyl sites for hydroxylation is 1. The number of aromatic nitrogens is 2. The third kappa shape index (κ3) is 4.21. The number of hydrogen-bond donors (Lipinski definition) is 2. The monoisotopic (exact) mass is 392 g/mol. The first kappa shape index (κ1) is 18.0. The van der Waals surface area contributed by atoms with Gasteiger partial charge in [-0.3, -0.25) is 14.8 Å². The fraction of sp³-hybridized carbons (Fsp3) is 0.0625. The van der Waals surface area contributed by atoms with Crippen LogP contribution in [0.15, 0.2) is 52.9 Å². The maximum Gasteiger partial charge on any atom is 0.291 e. The molecule has 0 atom stereocenters. The summed E-state index contributed by atoms with van der Waals surface area (Å²) in [6.45, 7) is 1.85. The lowest BCUT2D eigenvalue weighted by atomic mass is 10.1. The number of amides is 1. The van der Waals surface area contributed by atoms with E-state index in [2.05, 4.69) is 20.2 Å². The summed E-state index contributed by atoms with van der Waals surface area (Å²) < 4.78 is 39.4. The van der Waals surface area contributed by atoms with E-state index in [-0.39, 0.29) is 15.2 Å². The van der Waals surface area contributed by atoms with Gasteiger partial charge in [-0.1, -0.05) is 29.0 Å². The van der Waals surface area contributed by atoms with Gasteiger partial charge < -0.3 is 0 Å². The van der Waals surface area contributed by atoms with E-state index in [1.807, 2.05) is 13.0 Å². The van der Waals surface area contributed by atoms with E-state index >= 15 is 0 Å². The highest BCUT2D eigenvalue weighted by atomic mass is 32.2. The second-order valence-electron chi connectivity index (χ2n) is 5.31. The van der Waals surface area contributed by atoms with Gasteiger partial charge in [0.05, 0.1) is 0 Å². The second-order valence-corrected chi connectivity index (χ2v) is 8.14. The molecule has 26 heavy (non-hydrogen) atoms. The van der Waals surface area contributed by atoms with Gasteiger partial charge in [-0.2, -0.15) is 8.42 Å². The van der Waals surface area contributed by atoms with E-state index in [0.29, 0.717) is 16.9 Å². The zero-order chi connectivity index (χ0) is 18.7. The Kier molecular flexibility index (Phi) is 4.96. The molecule has 0 bridgehead atoms. The molecule has 0 spiro atoms. The Morgan fingerprint density at radius 1 is 1.12 bits per heavy atom. The standard InChI is InChI=1S/C16H13FN4O3S2/c1-10-3-2-4-11(9-10)14(22)18-15-19-20-16(25-15)26(23,24)21-13-7-5-12(17)6-8-13/h2-9,21H,1H3,(H,18,19,22). The minimum Gasteiger partial charge on any atom is -0.296 e. The Hall–Kier alpha value is -2.85. The van der Waals surface area contributed by atoms with Crippen LogP contribution in [-0.2, 0) is 10.0 Å². The minimum absolute atomic E-state index is 0.0518. The zero-order valence-corrected chi connectivity index (χ0v) is 15.1. The summed E-state index contributed by atoms with van der Waals surface area (Å²) in [4.78, 5) is 12.2. The number of nitrogens with one attached hydrogen (secondary N) is 2. The highest BCUT2D eigenvalue weighted by Crippen LogP contribution is 2.23. The summed E-state index contributed by atoms with van der Waals surface area (Å²) in [5.41, 5.74) is 1.53. The molecule has 10 heteroatoms. The molecule has 0 saturated carbocycles. The van der Waals surface area contributed by atoms with Crippen molar-refractivity contribution in [2.45, 2.75) is 11.3 Å². The van der Waals surface area contributed by atoms with Crippen molar-refractivity contribution in [2.75, 3.05) is 10.0 Å². The highest BCUT2D eigenvalue weighted by molar-refractivity contribution is 7.94. The van der Waals surface area contributed by atoms with E-state index in [0.717, 1.165) is 17.7 Å². The van der Waals surface area contributed by atoms with Gasteiger partial charge in [0.25, 0.3) is 20.3 Å². The SMILES string of the molecule is Cc1cccc(C(=O)Nc2nnc(S(=O)(=O)Nc3ccc(F)cc3)s2)c1. The molecule has 0 aliphatic rings. The average molecular weight is 392 g/mol. The summed E-state index contributed by atoms with van der Waals surface area (Å²) in [5.74, 6) is -0.898. The number of hydrogen-bond acceptors (Lipinski definition) is 6. The van der Waals surface area contributed by atoms with Crippen molar-refractivity contribution in [2.24, 2.45) is 0 Å². The van der Waals surface area contributed by atoms with Crippen LogP contribution in [0.25, 0.3) is 0 Å². The maximum atomic E-state index is 12.9. The Morgan fingerprint density at radius 2 is 1.85 bits per heavy atom. The summed E-state index contributed by atoms with van der Waals surface area (Å²) in [6, 6.07) is 11.8. The summed E-state index contributed by atoms with van der Waals surface area (Å²) >= 11 is 0.711. The molecule has 2 N–H and O–H groups in total. The quantitative estimate of drug-likeness (QED) is 0.650. The number of nitrogens with zero attached hydrogens (tertiary/aromatic N) is 2. The van der Waals surface area contributed by atoms with Gasteiger partial charge in [-0.05, 0) is 43.3 Å². The smallest absolute Gasteiger partial charge is 0.291 e. The molecule has 2 aromatic carbocycles. The van der Waals surface area contributed by atoms with Gasteiger partial charge in [-0.15, -0.1) is 10.2 Å². The molecule has 0 aliphatic carbocycles. The number of anilines is 2. The zero-order valence-electron chi connectivity index (χ0n) is 13.4. The van der Waals surface area contributed by atoms with Crippen LogP contribution >= 0.6 is 11.3 Å². The number of sulfonamides is 1. The first-order chi connectivity index (χ1) is 12.3. The molecule has 1 heterocycles. The van der Waals surface area contributed by atoms with Crippen molar-refractivity contribution >= 4 is 38.1 Å². The minimum atomic E-state index is -3.99. The van der Waals surface area contributed by atoms with Crippen molar-refractivity contribution in [3.63, 3.8) is 0 Å². The van der Waals surface area contributed by atoms with E-state index < -0.39 is 21.7 Å². The van der Waals surface area contributed by atoms with Crippen LogP contribution in [-0.4, -0.2) is 24.5 Å². The van der Waals surface area contributed by atoms with Gasteiger partial charge in [0.2, 0.25) is 5.13 Å². The van der Waals surface area contributed by atoms with Crippen LogP contribution in [0.2, 0.25) is 0 Å². The normalized spacial score (nSPS) is 11.2. The molecule has 0 unspecified atom stereocenters. The van der Waals surface area contributed by atoms with Crippen molar-refractivity contribution < 1.29 is 17.6 Å². The van der Waals surface area contributed by atoms with Crippen molar-refractivity contribution in [1.82, 2.24) is 10.2 Å². The average Bonchev–Trinajstić information content (AvgIpc) is 3.06. The fourth-order valence-corrected chi connectivity index (χ4v) is 4.00. The molecule has 0 aliphatic heterocycles. The predicted molar refractivity (Wildman–Crippen MR) is 96.2 cm³/mol. The molecular formula is C16H13FN4O3S2. The lowest BCUT2D eigenvalue weighted by molar-refractivity contribution is 0.102. The molecule has 1 amide bonds. The van der Waals surface area contributed by atoms with Crippen LogP contribution < -0.4 is 10.0 Å². The first-order valence-electron chi connectivity index (χ1n) is 7.33. The maximum absolute atomic E-state index is 12.9. The number of carbonyl (C=O) groups is 1. The van der Waals surface area contributed by atoms with Gasteiger partial charge >= 0.3 is 0 Å². The second kappa shape index (κ2) is 7.18. The van der Waals surface area contributed by atoms with Crippen molar-refractivity contribution in [1.29, 1.82) is 0 Å². The molecule has 3 aromatic rings. The van der Waals surface area contributed by atoms with Gasteiger partial charge in [0.1, 0.15) is 5.82 Å². The van der Waals surface area contributed by atoms with Crippen LogP contribution in [0.3, 0.4) is 0 Å². The number of carbonyl (C=O) groups excluding carboxylic acids is 1. The van der Waals surface area contributed by atoms with Gasteiger partial charge in [-0.25, -0.2) is 4.39 Å².